The maximum absolute atomic E-state index is 12.7. The maximum Gasteiger partial charge on any atom is 0.317 e. The molecule has 2 amide bonds. The van der Waals surface area contributed by atoms with Crippen molar-refractivity contribution in [3.63, 3.8) is 0 Å². The second-order valence-electron chi connectivity index (χ2n) is 6.85. The predicted molar refractivity (Wildman–Crippen MR) is 112 cm³/mol. The van der Waals surface area contributed by atoms with Gasteiger partial charge in [-0.25, -0.2) is 22.0 Å². The Morgan fingerprint density at radius 1 is 1.10 bits per heavy atom. The predicted octanol–water partition coefficient (Wildman–Crippen LogP) is 3.20. The Bertz CT molecular complexity index is 998. The summed E-state index contributed by atoms with van der Waals surface area (Å²) in [4.78, 5) is 14.1. The van der Waals surface area contributed by atoms with Crippen molar-refractivity contribution in [1.29, 1.82) is 0 Å². The fraction of sp³-hybridized carbons (Fsp3) is 0.350. The summed E-state index contributed by atoms with van der Waals surface area (Å²) in [6.07, 6.45) is -2.56. The summed E-state index contributed by atoms with van der Waals surface area (Å²) in [5.74, 6) is 0.299. The molecule has 1 aliphatic rings. The van der Waals surface area contributed by atoms with E-state index in [1.807, 2.05) is 0 Å². The molecule has 1 aliphatic heterocycles. The highest BCUT2D eigenvalue weighted by atomic mass is 35.5. The number of rotatable bonds is 7. The number of ether oxygens (including phenoxy) is 1. The van der Waals surface area contributed by atoms with Gasteiger partial charge in [-0.1, -0.05) is 23.7 Å². The molecule has 0 aliphatic carbocycles. The number of hydrogen-bond donors (Lipinski definition) is 1. The molecular weight excluding hydrogens is 452 g/mol. The lowest BCUT2D eigenvalue weighted by atomic mass is 10.2. The van der Waals surface area contributed by atoms with Crippen molar-refractivity contribution in [3.05, 3.63) is 59.1 Å². The van der Waals surface area contributed by atoms with Gasteiger partial charge in [0.2, 0.25) is 10.0 Å². The van der Waals surface area contributed by atoms with Gasteiger partial charge in [-0.05, 0) is 42.0 Å². The van der Waals surface area contributed by atoms with E-state index in [0.29, 0.717) is 16.3 Å². The smallest absolute Gasteiger partial charge is 0.317 e. The molecule has 1 heterocycles. The van der Waals surface area contributed by atoms with E-state index in [0.717, 1.165) is 0 Å². The third kappa shape index (κ3) is 6.28. The summed E-state index contributed by atoms with van der Waals surface area (Å²) in [5, 5.41) is 3.20. The van der Waals surface area contributed by atoms with Crippen LogP contribution in [0, 0.1) is 0 Å². The molecule has 3 rings (SSSR count). The highest BCUT2D eigenvalue weighted by Crippen LogP contribution is 2.20. The molecule has 0 unspecified atom stereocenters. The lowest BCUT2D eigenvalue weighted by Crippen LogP contribution is -2.52. The second kappa shape index (κ2) is 10.3. The molecule has 2 aromatic carbocycles. The fourth-order valence-electron chi connectivity index (χ4n) is 3.08. The van der Waals surface area contributed by atoms with Crippen LogP contribution in [0.2, 0.25) is 5.02 Å². The zero-order valence-electron chi connectivity index (χ0n) is 16.5. The van der Waals surface area contributed by atoms with Gasteiger partial charge in [0.15, 0.2) is 0 Å². The molecule has 1 saturated heterocycles. The van der Waals surface area contributed by atoms with E-state index < -0.39 is 23.1 Å². The first-order valence-electron chi connectivity index (χ1n) is 9.54. The monoisotopic (exact) mass is 473 g/mol. The van der Waals surface area contributed by atoms with Gasteiger partial charge in [-0.3, -0.25) is 0 Å². The average Bonchev–Trinajstić information content (AvgIpc) is 2.77. The number of carbonyl (C=O) groups is 1. The summed E-state index contributed by atoms with van der Waals surface area (Å²) in [6.45, 7) is 0.337. The minimum Gasteiger partial charge on any atom is -0.488 e. The van der Waals surface area contributed by atoms with E-state index in [1.54, 1.807) is 24.3 Å². The van der Waals surface area contributed by atoms with Gasteiger partial charge < -0.3 is 15.0 Å². The quantitative estimate of drug-likeness (QED) is 0.669. The molecule has 0 aromatic heterocycles. The number of amides is 2. The summed E-state index contributed by atoms with van der Waals surface area (Å²) >= 11 is 5.82. The number of carbonyl (C=O) groups excluding carboxylic acids is 1. The Morgan fingerprint density at radius 2 is 1.77 bits per heavy atom. The van der Waals surface area contributed by atoms with Crippen LogP contribution in [0.4, 0.5) is 13.6 Å². The van der Waals surface area contributed by atoms with E-state index >= 15 is 0 Å². The zero-order chi connectivity index (χ0) is 22.4. The Morgan fingerprint density at radius 3 is 2.42 bits per heavy atom. The third-order valence-electron chi connectivity index (χ3n) is 4.70. The summed E-state index contributed by atoms with van der Waals surface area (Å²) in [6, 6.07) is 12.2. The minimum atomic E-state index is -3.65. The summed E-state index contributed by atoms with van der Waals surface area (Å²) < 4.78 is 56.3. The van der Waals surface area contributed by atoms with Crippen molar-refractivity contribution in [2.24, 2.45) is 0 Å². The number of benzene rings is 2. The summed E-state index contributed by atoms with van der Waals surface area (Å²) in [7, 11) is -3.65. The molecule has 11 heteroatoms. The number of nitrogens with zero attached hydrogens (tertiary/aromatic N) is 2. The zero-order valence-corrected chi connectivity index (χ0v) is 18.1. The SMILES string of the molecule is O=C(NCc1cccc(OCC(F)F)c1)N1CCN(S(=O)(=O)c2ccc(Cl)cc2)CC1. The molecule has 31 heavy (non-hydrogen) atoms. The van der Waals surface area contributed by atoms with Crippen molar-refractivity contribution in [2.75, 3.05) is 32.8 Å². The first-order chi connectivity index (χ1) is 14.8. The van der Waals surface area contributed by atoms with Gasteiger partial charge >= 0.3 is 6.03 Å². The number of nitrogens with one attached hydrogen (secondary N) is 1. The first kappa shape index (κ1) is 23.2. The topological polar surface area (TPSA) is 79.0 Å². The van der Waals surface area contributed by atoms with Crippen molar-refractivity contribution in [3.8, 4) is 5.75 Å². The molecule has 1 N–H and O–H groups in total. The number of alkyl halides is 2. The van der Waals surface area contributed by atoms with E-state index in [-0.39, 0.29) is 43.7 Å². The fourth-order valence-corrected chi connectivity index (χ4v) is 4.63. The van der Waals surface area contributed by atoms with Crippen LogP contribution < -0.4 is 10.1 Å². The lowest BCUT2D eigenvalue weighted by molar-refractivity contribution is 0.0818. The van der Waals surface area contributed by atoms with Gasteiger partial charge in [-0.2, -0.15) is 4.31 Å². The van der Waals surface area contributed by atoms with Crippen LogP contribution in [-0.4, -0.2) is 62.9 Å². The Hall–Kier alpha value is -2.43. The number of piperazine rings is 1. The molecule has 0 saturated carbocycles. The molecule has 0 bridgehead atoms. The molecule has 168 valence electrons. The van der Waals surface area contributed by atoms with Crippen LogP contribution >= 0.6 is 11.6 Å². The van der Waals surface area contributed by atoms with E-state index in [9.17, 15) is 22.0 Å². The number of hydrogen-bond acceptors (Lipinski definition) is 4. The van der Waals surface area contributed by atoms with Gasteiger partial charge in [0.05, 0.1) is 4.90 Å². The number of sulfonamides is 1. The third-order valence-corrected chi connectivity index (χ3v) is 6.86. The van der Waals surface area contributed by atoms with Gasteiger partial charge in [0.1, 0.15) is 12.4 Å². The van der Waals surface area contributed by atoms with Crippen LogP contribution in [-0.2, 0) is 16.6 Å². The molecule has 2 aromatic rings. The normalized spacial score (nSPS) is 15.2. The van der Waals surface area contributed by atoms with Gasteiger partial charge in [0.25, 0.3) is 6.43 Å². The van der Waals surface area contributed by atoms with Gasteiger partial charge in [-0.15, -0.1) is 0 Å². The van der Waals surface area contributed by atoms with E-state index in [2.05, 4.69) is 5.32 Å². The largest absolute Gasteiger partial charge is 0.488 e. The number of halogens is 3. The molecule has 0 atom stereocenters. The van der Waals surface area contributed by atoms with Crippen LogP contribution in [0.15, 0.2) is 53.4 Å². The van der Waals surface area contributed by atoms with Crippen molar-refractivity contribution in [2.45, 2.75) is 17.9 Å². The first-order valence-corrected chi connectivity index (χ1v) is 11.4. The Kier molecular flexibility index (Phi) is 7.69. The van der Waals surface area contributed by atoms with Crippen LogP contribution in [0.5, 0.6) is 5.75 Å². The highest BCUT2D eigenvalue weighted by Gasteiger charge is 2.30. The second-order valence-corrected chi connectivity index (χ2v) is 9.23. The van der Waals surface area contributed by atoms with Crippen LogP contribution in [0.1, 0.15) is 5.56 Å². The van der Waals surface area contributed by atoms with Crippen molar-refractivity contribution < 1.29 is 26.7 Å². The minimum absolute atomic E-state index is 0.156. The summed E-state index contributed by atoms with van der Waals surface area (Å²) in [5.41, 5.74) is 0.698. The van der Waals surface area contributed by atoms with Crippen molar-refractivity contribution >= 4 is 27.7 Å². The van der Waals surface area contributed by atoms with Crippen LogP contribution in [0.3, 0.4) is 0 Å². The average molecular weight is 474 g/mol. The Labute approximate surface area is 184 Å². The van der Waals surface area contributed by atoms with Gasteiger partial charge in [0, 0.05) is 37.7 Å². The van der Waals surface area contributed by atoms with E-state index in [1.165, 1.54) is 33.5 Å². The Balaban J connectivity index is 1.50. The molecule has 0 spiro atoms. The van der Waals surface area contributed by atoms with Crippen molar-refractivity contribution in [1.82, 2.24) is 14.5 Å². The standard InChI is InChI=1S/C20H22ClF2N3O4S/c21-16-4-6-18(7-5-16)31(28,29)26-10-8-25(9-11-26)20(27)24-13-15-2-1-3-17(12-15)30-14-19(22)23/h1-7,12,19H,8-11,13-14H2,(H,24,27). The van der Waals surface area contributed by atoms with E-state index in [4.69, 9.17) is 16.3 Å². The maximum atomic E-state index is 12.7. The molecule has 7 nitrogen and oxygen atoms in total. The molecule has 0 radical (unpaired) electrons. The van der Waals surface area contributed by atoms with Crippen LogP contribution in [0.25, 0.3) is 0 Å². The molecular formula is C20H22ClF2N3O4S. The number of urea groups is 1. The highest BCUT2D eigenvalue weighted by molar-refractivity contribution is 7.89. The molecule has 1 fully saturated rings. The lowest BCUT2D eigenvalue weighted by Gasteiger charge is -2.34.